The number of rotatable bonds is 7. The van der Waals surface area contributed by atoms with E-state index >= 15 is 0 Å². The lowest BCUT2D eigenvalue weighted by atomic mass is 10.1. The van der Waals surface area contributed by atoms with E-state index in [-0.39, 0.29) is 42.8 Å². The number of aliphatic hydroxyl groups excluding tert-OH is 1. The number of hydrogen-bond donors (Lipinski definition) is 3. The van der Waals surface area contributed by atoms with E-state index in [2.05, 4.69) is 10.6 Å². The van der Waals surface area contributed by atoms with Gasteiger partial charge >= 0.3 is 5.97 Å². The number of methoxy groups -OCH3 is 1. The molecular formula is C20H21N3O5S. The minimum atomic E-state index is -0.599. The lowest BCUT2D eigenvalue weighted by Gasteiger charge is -2.15. The van der Waals surface area contributed by atoms with Gasteiger partial charge in [0.1, 0.15) is 5.70 Å². The van der Waals surface area contributed by atoms with Crippen LogP contribution in [0, 0.1) is 6.92 Å². The van der Waals surface area contributed by atoms with Crippen molar-refractivity contribution in [1.82, 2.24) is 4.90 Å². The Morgan fingerprint density at radius 2 is 2.10 bits per heavy atom. The third-order valence-corrected chi connectivity index (χ3v) is 5.31. The average molecular weight is 415 g/mol. The molecule has 0 spiro atoms. The number of anilines is 2. The van der Waals surface area contributed by atoms with Crippen LogP contribution in [0.15, 0.2) is 47.0 Å². The van der Waals surface area contributed by atoms with Crippen molar-refractivity contribution < 1.29 is 24.2 Å². The first-order valence-electron chi connectivity index (χ1n) is 8.88. The van der Waals surface area contributed by atoms with Crippen molar-refractivity contribution >= 4 is 40.5 Å². The quantitative estimate of drug-likeness (QED) is 0.597. The standard InChI is InChI=1S/C20H21N3O5S/c1-12-10-13(5-6-15(12)22-18(25)16-4-3-9-29-16)21-17-14(20(27)28-2)11-23(7-8-24)19(17)26/h3-6,9-10,21,24H,7-8,11H2,1-2H3,(H,22,25). The van der Waals surface area contributed by atoms with Crippen molar-refractivity contribution in [3.8, 4) is 0 Å². The van der Waals surface area contributed by atoms with Crippen LogP contribution in [-0.4, -0.2) is 54.6 Å². The highest BCUT2D eigenvalue weighted by molar-refractivity contribution is 7.12. The summed E-state index contributed by atoms with van der Waals surface area (Å²) in [6.45, 7) is 1.82. The zero-order valence-electron chi connectivity index (χ0n) is 16.0. The molecule has 2 heterocycles. The number of hydrogen-bond acceptors (Lipinski definition) is 7. The predicted octanol–water partition coefficient (Wildman–Crippen LogP) is 1.98. The molecule has 1 aromatic carbocycles. The molecule has 1 aliphatic rings. The summed E-state index contributed by atoms with van der Waals surface area (Å²) in [5.41, 5.74) is 2.36. The predicted molar refractivity (Wildman–Crippen MR) is 110 cm³/mol. The first kappa shape index (κ1) is 20.6. The highest BCUT2D eigenvalue weighted by atomic mass is 32.1. The molecule has 0 bridgehead atoms. The number of aryl methyl sites for hydroxylation is 1. The van der Waals surface area contributed by atoms with Crippen molar-refractivity contribution in [3.05, 3.63) is 57.4 Å². The largest absolute Gasteiger partial charge is 0.466 e. The van der Waals surface area contributed by atoms with Crippen LogP contribution >= 0.6 is 11.3 Å². The number of nitrogens with one attached hydrogen (secondary N) is 2. The maximum absolute atomic E-state index is 12.6. The second kappa shape index (κ2) is 8.89. The van der Waals surface area contributed by atoms with Crippen molar-refractivity contribution in [3.63, 3.8) is 0 Å². The molecule has 0 atom stereocenters. The fourth-order valence-corrected chi connectivity index (χ4v) is 3.59. The van der Waals surface area contributed by atoms with Crippen LogP contribution in [0.3, 0.4) is 0 Å². The second-order valence-corrected chi connectivity index (χ2v) is 7.33. The summed E-state index contributed by atoms with van der Waals surface area (Å²) < 4.78 is 4.77. The molecule has 29 heavy (non-hydrogen) atoms. The van der Waals surface area contributed by atoms with E-state index in [1.165, 1.54) is 23.3 Å². The van der Waals surface area contributed by atoms with Crippen molar-refractivity contribution in [2.45, 2.75) is 6.92 Å². The molecule has 8 nitrogen and oxygen atoms in total. The number of ether oxygens (including phenoxy) is 1. The SMILES string of the molecule is COC(=O)C1=C(Nc2ccc(NC(=O)c3cccs3)c(C)c2)C(=O)N(CCO)C1. The zero-order valence-corrected chi connectivity index (χ0v) is 16.8. The normalized spacial score (nSPS) is 13.6. The van der Waals surface area contributed by atoms with Crippen molar-refractivity contribution in [1.29, 1.82) is 0 Å². The molecule has 1 aromatic heterocycles. The van der Waals surface area contributed by atoms with E-state index in [1.54, 1.807) is 24.3 Å². The Labute approximate surface area is 171 Å². The molecule has 0 fully saturated rings. The van der Waals surface area contributed by atoms with Gasteiger partial charge in [-0.3, -0.25) is 9.59 Å². The van der Waals surface area contributed by atoms with Gasteiger partial charge in [0.15, 0.2) is 0 Å². The van der Waals surface area contributed by atoms with E-state index in [0.717, 1.165) is 5.56 Å². The van der Waals surface area contributed by atoms with Gasteiger partial charge in [0.05, 0.1) is 30.7 Å². The van der Waals surface area contributed by atoms with Crippen LogP contribution < -0.4 is 10.6 Å². The molecule has 9 heteroatoms. The number of carbonyl (C=O) groups is 3. The molecule has 1 aliphatic heterocycles. The number of amides is 2. The number of esters is 1. The fraction of sp³-hybridized carbons (Fsp3) is 0.250. The summed E-state index contributed by atoms with van der Waals surface area (Å²) in [6.07, 6.45) is 0. The molecule has 0 unspecified atom stereocenters. The number of benzene rings is 1. The van der Waals surface area contributed by atoms with Gasteiger partial charge in [-0.2, -0.15) is 0 Å². The summed E-state index contributed by atoms with van der Waals surface area (Å²) in [4.78, 5) is 38.9. The third kappa shape index (κ3) is 4.47. The molecule has 2 amide bonds. The van der Waals surface area contributed by atoms with E-state index in [9.17, 15) is 14.4 Å². The van der Waals surface area contributed by atoms with Crippen LogP contribution in [0.2, 0.25) is 0 Å². The van der Waals surface area contributed by atoms with Crippen LogP contribution in [0.1, 0.15) is 15.2 Å². The smallest absolute Gasteiger partial charge is 0.337 e. The van der Waals surface area contributed by atoms with Crippen LogP contribution in [-0.2, 0) is 14.3 Å². The van der Waals surface area contributed by atoms with Crippen LogP contribution in [0.5, 0.6) is 0 Å². The average Bonchev–Trinajstić information content (AvgIpc) is 3.34. The second-order valence-electron chi connectivity index (χ2n) is 6.38. The number of β-amino-alcohol motifs (C(OH)–C–C–N with tert-alkyl or cyclic N) is 1. The summed E-state index contributed by atoms with van der Waals surface area (Å²) in [5.74, 6) is -1.17. The molecule has 0 aliphatic carbocycles. The van der Waals surface area contributed by atoms with Gasteiger partial charge in [-0.05, 0) is 42.1 Å². The third-order valence-electron chi connectivity index (χ3n) is 4.44. The van der Waals surface area contributed by atoms with E-state index in [4.69, 9.17) is 9.84 Å². The Balaban J connectivity index is 1.80. The lowest BCUT2D eigenvalue weighted by molar-refractivity contribution is -0.136. The Morgan fingerprint density at radius 3 is 2.72 bits per heavy atom. The van der Waals surface area contributed by atoms with Crippen LogP contribution in [0.25, 0.3) is 0 Å². The Morgan fingerprint density at radius 1 is 1.31 bits per heavy atom. The van der Waals surface area contributed by atoms with Gasteiger partial charge in [0.25, 0.3) is 11.8 Å². The molecule has 152 valence electrons. The zero-order chi connectivity index (χ0) is 21.0. The summed E-state index contributed by atoms with van der Waals surface area (Å²) in [5, 5.41) is 16.8. The minimum absolute atomic E-state index is 0.0718. The molecule has 2 aromatic rings. The molecule has 0 saturated carbocycles. The Hall–Kier alpha value is -3.17. The number of nitrogens with zero attached hydrogens (tertiary/aromatic N) is 1. The summed E-state index contributed by atoms with van der Waals surface area (Å²) >= 11 is 1.36. The van der Waals surface area contributed by atoms with Gasteiger partial charge in [0, 0.05) is 17.9 Å². The van der Waals surface area contributed by atoms with Crippen LogP contribution in [0.4, 0.5) is 11.4 Å². The Bertz CT molecular complexity index is 969. The fourth-order valence-electron chi connectivity index (χ4n) is 2.97. The van der Waals surface area contributed by atoms with Crippen molar-refractivity contribution in [2.75, 3.05) is 37.4 Å². The monoisotopic (exact) mass is 415 g/mol. The van der Waals surface area contributed by atoms with Gasteiger partial charge in [-0.15, -0.1) is 11.3 Å². The summed E-state index contributed by atoms with van der Waals surface area (Å²) in [7, 11) is 1.25. The minimum Gasteiger partial charge on any atom is -0.466 e. The topological polar surface area (TPSA) is 108 Å². The maximum atomic E-state index is 12.6. The van der Waals surface area contributed by atoms with E-state index in [1.807, 2.05) is 18.4 Å². The highest BCUT2D eigenvalue weighted by Crippen LogP contribution is 2.26. The van der Waals surface area contributed by atoms with Gasteiger partial charge in [0.2, 0.25) is 0 Å². The number of carbonyl (C=O) groups excluding carboxylic acids is 3. The molecular weight excluding hydrogens is 394 g/mol. The molecule has 0 saturated heterocycles. The number of aliphatic hydroxyl groups is 1. The van der Waals surface area contributed by atoms with E-state index < -0.39 is 5.97 Å². The molecule has 0 radical (unpaired) electrons. The first-order valence-corrected chi connectivity index (χ1v) is 9.76. The Kier molecular flexibility index (Phi) is 6.30. The van der Waals surface area contributed by atoms with Crippen molar-refractivity contribution in [2.24, 2.45) is 0 Å². The molecule has 3 N–H and O–H groups in total. The first-order chi connectivity index (χ1) is 13.9. The lowest BCUT2D eigenvalue weighted by Crippen LogP contribution is -2.31. The summed E-state index contributed by atoms with van der Waals surface area (Å²) in [6, 6.07) is 8.77. The molecule has 3 rings (SSSR count). The van der Waals surface area contributed by atoms with Gasteiger partial charge in [-0.1, -0.05) is 6.07 Å². The maximum Gasteiger partial charge on any atom is 0.337 e. The van der Waals surface area contributed by atoms with Gasteiger partial charge < -0.3 is 25.4 Å². The van der Waals surface area contributed by atoms with E-state index in [0.29, 0.717) is 16.3 Å². The van der Waals surface area contributed by atoms with Gasteiger partial charge in [-0.25, -0.2) is 4.79 Å². The number of thiophene rings is 1. The highest BCUT2D eigenvalue weighted by Gasteiger charge is 2.34.